The summed E-state index contributed by atoms with van der Waals surface area (Å²) < 4.78 is 37.9. The zero-order valence-corrected chi connectivity index (χ0v) is 8.86. The van der Waals surface area contributed by atoms with Crippen LogP contribution in [-0.2, 0) is 6.18 Å². The van der Waals surface area contributed by atoms with Crippen LogP contribution in [0.5, 0.6) is 0 Å². The molecule has 0 unspecified atom stereocenters. The lowest BCUT2D eigenvalue weighted by molar-refractivity contribution is -0.141. The summed E-state index contributed by atoms with van der Waals surface area (Å²) in [5, 5.41) is 8.83. The van der Waals surface area contributed by atoms with Gasteiger partial charge in [0, 0.05) is 5.39 Å². The molecule has 3 nitrogen and oxygen atoms in total. The maximum Gasteiger partial charge on any atom is 0.432 e. The third-order valence-corrected chi connectivity index (χ3v) is 2.60. The minimum atomic E-state index is -4.77. The number of carboxylic acid groups (broad SMARTS) is 1. The molecule has 1 aromatic carbocycles. The number of nitrogens with one attached hydrogen (secondary N) is 1. The third kappa shape index (κ3) is 1.84. The summed E-state index contributed by atoms with van der Waals surface area (Å²) >= 11 is 5.71. The van der Waals surface area contributed by atoms with Gasteiger partial charge in [0.2, 0.25) is 0 Å². The Bertz CT molecular complexity index is 603. The van der Waals surface area contributed by atoms with Crippen molar-refractivity contribution < 1.29 is 23.1 Å². The number of fused-ring (bicyclic) bond motifs is 1. The second-order valence-electron chi connectivity index (χ2n) is 3.34. The third-order valence-electron chi connectivity index (χ3n) is 2.28. The Kier molecular flexibility index (Phi) is 2.54. The lowest BCUT2D eigenvalue weighted by atomic mass is 10.1. The molecule has 0 atom stereocenters. The molecule has 0 amide bonds. The zero-order chi connectivity index (χ0) is 12.8. The summed E-state index contributed by atoms with van der Waals surface area (Å²) in [6, 6.07) is 4.05. The smallest absolute Gasteiger partial charge is 0.432 e. The van der Waals surface area contributed by atoms with Crippen molar-refractivity contribution in [3.05, 3.63) is 34.5 Å². The first-order valence-corrected chi connectivity index (χ1v) is 4.81. The van der Waals surface area contributed by atoms with Crippen molar-refractivity contribution in [3.8, 4) is 0 Å². The molecule has 0 radical (unpaired) electrons. The topological polar surface area (TPSA) is 53.1 Å². The molecule has 1 aromatic heterocycles. The highest BCUT2D eigenvalue weighted by Crippen LogP contribution is 2.37. The number of carboxylic acids is 1. The molecule has 7 heteroatoms. The fourth-order valence-electron chi connectivity index (χ4n) is 1.62. The monoisotopic (exact) mass is 263 g/mol. The summed E-state index contributed by atoms with van der Waals surface area (Å²) in [6.07, 6.45) is -4.77. The predicted octanol–water partition coefficient (Wildman–Crippen LogP) is 3.54. The van der Waals surface area contributed by atoms with Crippen molar-refractivity contribution in [2.45, 2.75) is 6.18 Å². The van der Waals surface area contributed by atoms with E-state index in [1.165, 1.54) is 18.2 Å². The van der Waals surface area contributed by atoms with E-state index in [1.807, 2.05) is 4.98 Å². The van der Waals surface area contributed by atoms with E-state index in [1.54, 1.807) is 0 Å². The number of hydrogen-bond acceptors (Lipinski definition) is 1. The molecule has 2 rings (SSSR count). The molecule has 2 N–H and O–H groups in total. The molecule has 0 aliphatic rings. The Morgan fingerprint density at radius 2 is 2.00 bits per heavy atom. The number of carbonyl (C=O) groups is 1. The maximum atomic E-state index is 12.6. The van der Waals surface area contributed by atoms with Gasteiger partial charge in [0.15, 0.2) is 0 Å². The average Bonchev–Trinajstić information content (AvgIpc) is 2.57. The van der Waals surface area contributed by atoms with Crippen molar-refractivity contribution in [3.63, 3.8) is 0 Å². The van der Waals surface area contributed by atoms with Gasteiger partial charge in [-0.25, -0.2) is 4.79 Å². The normalized spacial score (nSPS) is 12.0. The van der Waals surface area contributed by atoms with Gasteiger partial charge in [-0.05, 0) is 6.07 Å². The Labute approximate surface area is 97.8 Å². The summed E-state index contributed by atoms with van der Waals surface area (Å²) in [5.41, 5.74) is -2.14. The van der Waals surface area contributed by atoms with Gasteiger partial charge in [-0.1, -0.05) is 23.7 Å². The molecule has 90 valence electrons. The van der Waals surface area contributed by atoms with E-state index in [9.17, 15) is 18.0 Å². The standard InChI is InChI=1S/C10H5ClF3NO2/c11-5-3-1-2-4-6(9(16)17)8(10(12,13)14)15-7(4)5/h1-3,15H,(H,16,17). The number of aromatic amines is 1. The fraction of sp³-hybridized carbons (Fsp3) is 0.100. The molecule has 0 aliphatic heterocycles. The van der Waals surface area contributed by atoms with E-state index >= 15 is 0 Å². The van der Waals surface area contributed by atoms with Crippen LogP contribution in [0.2, 0.25) is 5.02 Å². The van der Waals surface area contributed by atoms with E-state index in [2.05, 4.69) is 0 Å². The van der Waals surface area contributed by atoms with Crippen molar-refractivity contribution in [1.29, 1.82) is 0 Å². The van der Waals surface area contributed by atoms with Crippen molar-refractivity contribution in [1.82, 2.24) is 4.98 Å². The second kappa shape index (κ2) is 3.66. The quantitative estimate of drug-likeness (QED) is 0.827. The lowest BCUT2D eigenvalue weighted by Gasteiger charge is -2.04. The van der Waals surface area contributed by atoms with Crippen LogP contribution >= 0.6 is 11.6 Å². The van der Waals surface area contributed by atoms with Gasteiger partial charge < -0.3 is 10.1 Å². The number of halogens is 4. The Hall–Kier alpha value is -1.69. The van der Waals surface area contributed by atoms with Crippen LogP contribution in [0.3, 0.4) is 0 Å². The first-order chi connectivity index (χ1) is 7.82. The zero-order valence-electron chi connectivity index (χ0n) is 8.10. The SMILES string of the molecule is O=C(O)c1c(C(F)(F)F)[nH]c2c(Cl)cccc12. The van der Waals surface area contributed by atoms with Crippen molar-refractivity contribution >= 4 is 28.5 Å². The number of aromatic carboxylic acids is 1. The van der Waals surface area contributed by atoms with E-state index in [-0.39, 0.29) is 15.9 Å². The fourth-order valence-corrected chi connectivity index (χ4v) is 1.84. The highest BCUT2D eigenvalue weighted by Gasteiger charge is 2.38. The van der Waals surface area contributed by atoms with E-state index < -0.39 is 23.4 Å². The summed E-state index contributed by atoms with van der Waals surface area (Å²) in [7, 11) is 0. The van der Waals surface area contributed by atoms with Gasteiger partial charge in [-0.3, -0.25) is 0 Å². The largest absolute Gasteiger partial charge is 0.478 e. The van der Waals surface area contributed by atoms with Gasteiger partial charge in [0.05, 0.1) is 16.1 Å². The highest BCUT2D eigenvalue weighted by molar-refractivity contribution is 6.35. The van der Waals surface area contributed by atoms with Crippen LogP contribution in [0, 0.1) is 0 Å². The maximum absolute atomic E-state index is 12.6. The van der Waals surface area contributed by atoms with Gasteiger partial charge in [0.1, 0.15) is 5.69 Å². The summed E-state index contributed by atoms with van der Waals surface area (Å²) in [4.78, 5) is 12.9. The van der Waals surface area contributed by atoms with Crippen LogP contribution in [0.25, 0.3) is 10.9 Å². The number of alkyl halides is 3. The first-order valence-electron chi connectivity index (χ1n) is 4.43. The Balaban J connectivity index is 2.90. The van der Waals surface area contributed by atoms with Crippen LogP contribution in [-0.4, -0.2) is 16.1 Å². The molecule has 17 heavy (non-hydrogen) atoms. The average molecular weight is 264 g/mol. The summed E-state index contributed by atoms with van der Waals surface area (Å²) in [6.45, 7) is 0. The van der Waals surface area contributed by atoms with Crippen LogP contribution < -0.4 is 0 Å². The molecular formula is C10H5ClF3NO2. The van der Waals surface area contributed by atoms with E-state index in [4.69, 9.17) is 16.7 Å². The van der Waals surface area contributed by atoms with Crippen LogP contribution in [0.4, 0.5) is 13.2 Å². The molecule has 1 heterocycles. The molecular weight excluding hydrogens is 259 g/mol. The number of hydrogen-bond donors (Lipinski definition) is 2. The minimum absolute atomic E-state index is 0.0288. The Morgan fingerprint density at radius 1 is 1.35 bits per heavy atom. The number of rotatable bonds is 1. The molecule has 0 saturated heterocycles. The molecule has 0 spiro atoms. The molecule has 0 aliphatic carbocycles. The number of para-hydroxylation sites is 1. The number of aromatic nitrogens is 1. The lowest BCUT2D eigenvalue weighted by Crippen LogP contribution is -2.11. The molecule has 2 aromatic rings. The molecule has 0 bridgehead atoms. The van der Waals surface area contributed by atoms with Gasteiger partial charge in [0.25, 0.3) is 0 Å². The first kappa shape index (κ1) is 11.8. The Morgan fingerprint density at radius 3 is 2.53 bits per heavy atom. The van der Waals surface area contributed by atoms with Crippen LogP contribution in [0.1, 0.15) is 16.1 Å². The summed E-state index contributed by atoms with van der Waals surface area (Å²) in [5.74, 6) is -1.65. The highest BCUT2D eigenvalue weighted by atomic mass is 35.5. The van der Waals surface area contributed by atoms with Gasteiger partial charge in [-0.15, -0.1) is 0 Å². The van der Waals surface area contributed by atoms with Gasteiger partial charge in [-0.2, -0.15) is 13.2 Å². The van der Waals surface area contributed by atoms with Crippen LogP contribution in [0.15, 0.2) is 18.2 Å². The minimum Gasteiger partial charge on any atom is -0.478 e. The number of H-pyrrole nitrogens is 1. The van der Waals surface area contributed by atoms with E-state index in [0.29, 0.717) is 0 Å². The molecule has 0 fully saturated rings. The van der Waals surface area contributed by atoms with E-state index in [0.717, 1.165) is 0 Å². The number of benzene rings is 1. The van der Waals surface area contributed by atoms with Crippen molar-refractivity contribution in [2.24, 2.45) is 0 Å². The van der Waals surface area contributed by atoms with Gasteiger partial charge >= 0.3 is 12.1 Å². The second-order valence-corrected chi connectivity index (χ2v) is 3.75. The molecule has 0 saturated carbocycles. The predicted molar refractivity (Wildman–Crippen MR) is 55.3 cm³/mol. The van der Waals surface area contributed by atoms with Crippen molar-refractivity contribution in [2.75, 3.05) is 0 Å².